The van der Waals surface area contributed by atoms with E-state index in [4.69, 9.17) is 18.5 Å². The van der Waals surface area contributed by atoms with E-state index in [-0.39, 0.29) is 32.0 Å². The van der Waals surface area contributed by atoms with Crippen LogP contribution in [0.15, 0.2) is 85.1 Å². The van der Waals surface area contributed by atoms with Crippen LogP contribution >= 0.6 is 7.82 Å². The fourth-order valence-corrected chi connectivity index (χ4v) is 6.38. The Labute approximate surface area is 361 Å². The van der Waals surface area contributed by atoms with E-state index in [0.717, 1.165) is 96.3 Å². The minimum Gasteiger partial charge on any atom is -0.462 e. The van der Waals surface area contributed by atoms with Crippen molar-refractivity contribution < 1.29 is 42.1 Å². The molecule has 1 N–H and O–H groups in total. The quantitative estimate of drug-likeness (QED) is 0.0214. The minimum atomic E-state index is -4.38. The van der Waals surface area contributed by atoms with Crippen molar-refractivity contribution in [3.63, 3.8) is 0 Å². The molecule has 0 amide bonds. The Hall–Kier alpha value is -2.81. The third-order valence-electron chi connectivity index (χ3n) is 9.19. The maximum atomic E-state index is 12.7. The van der Waals surface area contributed by atoms with E-state index in [9.17, 15) is 19.0 Å². The second-order valence-corrected chi connectivity index (χ2v) is 17.5. The van der Waals surface area contributed by atoms with Crippen LogP contribution in [0.1, 0.15) is 162 Å². The van der Waals surface area contributed by atoms with Crippen LogP contribution < -0.4 is 0 Å². The van der Waals surface area contributed by atoms with E-state index in [1.165, 1.54) is 32.1 Å². The fourth-order valence-electron chi connectivity index (χ4n) is 5.64. The molecule has 0 fully saturated rings. The summed E-state index contributed by atoms with van der Waals surface area (Å²) in [6.45, 7) is 4.23. The first-order valence-electron chi connectivity index (χ1n) is 22.8. The second-order valence-electron chi connectivity index (χ2n) is 16.1. The van der Waals surface area contributed by atoms with Crippen LogP contribution in [0.25, 0.3) is 0 Å². The summed E-state index contributed by atoms with van der Waals surface area (Å²) in [5, 5.41) is 0. The van der Waals surface area contributed by atoms with Gasteiger partial charge < -0.3 is 18.9 Å². The Morgan fingerprint density at radius 3 is 1.44 bits per heavy atom. The Morgan fingerprint density at radius 1 is 0.542 bits per heavy atom. The molecule has 0 aliphatic heterocycles. The van der Waals surface area contributed by atoms with Crippen molar-refractivity contribution in [1.82, 2.24) is 0 Å². The number of ether oxygens (including phenoxy) is 2. The number of hydrogen-bond acceptors (Lipinski definition) is 7. The summed E-state index contributed by atoms with van der Waals surface area (Å²) in [7, 11) is 1.45. The lowest BCUT2D eigenvalue weighted by Crippen LogP contribution is -2.37. The van der Waals surface area contributed by atoms with Crippen LogP contribution in [0.2, 0.25) is 0 Å². The number of likely N-dealkylation sites (N-methyl/N-ethyl adjacent to an activating group) is 1. The van der Waals surface area contributed by atoms with Gasteiger partial charge in [0.25, 0.3) is 0 Å². The highest BCUT2D eigenvalue weighted by Crippen LogP contribution is 2.43. The maximum Gasteiger partial charge on any atom is 0.472 e. The van der Waals surface area contributed by atoms with E-state index in [2.05, 4.69) is 98.9 Å². The van der Waals surface area contributed by atoms with Crippen LogP contribution in [0.3, 0.4) is 0 Å². The number of unbranched alkanes of at least 4 members (excludes halogenated alkanes) is 12. The molecule has 9 nitrogen and oxygen atoms in total. The normalized spacial score (nSPS) is 14.3. The lowest BCUT2D eigenvalue weighted by Gasteiger charge is -2.24. The van der Waals surface area contributed by atoms with Crippen LogP contribution in [-0.2, 0) is 32.7 Å². The molecule has 0 radical (unpaired) electrons. The summed E-state index contributed by atoms with van der Waals surface area (Å²) in [4.78, 5) is 35.2. The standard InChI is InChI=1S/C49H84NO8P/c1-6-8-10-12-14-16-17-18-19-20-21-22-23-24-25-26-27-28-29-30-31-32-33-34-36-38-40-42-49(52)58-47(46-57-59(53,54)56-44-43-50(3,4)5)45-55-48(51)41-39-37-35-15-13-11-9-7-2/h8,10,14,16,18-19,21-22,24-25,27-28,30-31,47H,6-7,9,11-13,15,17,20,23,26,29,32-46H2,1-5H3/p+1/b10-8-,16-14-,19-18-,22-21-,25-24-,28-27-,31-30-. The Bertz CT molecular complexity index is 1280. The van der Waals surface area contributed by atoms with E-state index >= 15 is 0 Å². The van der Waals surface area contributed by atoms with Gasteiger partial charge in [0.05, 0.1) is 27.7 Å². The van der Waals surface area contributed by atoms with Crippen molar-refractivity contribution in [2.75, 3.05) is 47.5 Å². The molecule has 0 aromatic carbocycles. The molecule has 0 aromatic rings. The summed E-state index contributed by atoms with van der Waals surface area (Å²) in [6.07, 6.45) is 52.2. The Kier molecular flexibility index (Phi) is 38.7. The van der Waals surface area contributed by atoms with Crippen LogP contribution in [0, 0.1) is 0 Å². The molecule has 0 aliphatic carbocycles. The van der Waals surface area contributed by atoms with Gasteiger partial charge in [0, 0.05) is 12.8 Å². The molecular formula is C49H85NO8P+. The lowest BCUT2D eigenvalue weighted by molar-refractivity contribution is -0.870. The first-order chi connectivity index (χ1) is 28.5. The number of nitrogens with zero attached hydrogens (tertiary/aromatic N) is 1. The van der Waals surface area contributed by atoms with Gasteiger partial charge in [-0.2, -0.15) is 0 Å². The summed E-state index contributed by atoms with van der Waals surface area (Å²) >= 11 is 0. The van der Waals surface area contributed by atoms with Gasteiger partial charge in [-0.15, -0.1) is 0 Å². The molecule has 0 bridgehead atoms. The third-order valence-corrected chi connectivity index (χ3v) is 10.2. The number of quaternary nitrogens is 1. The predicted molar refractivity (Wildman–Crippen MR) is 247 cm³/mol. The first kappa shape index (κ1) is 56.2. The van der Waals surface area contributed by atoms with Gasteiger partial charge in [-0.05, 0) is 70.6 Å². The van der Waals surface area contributed by atoms with Crippen molar-refractivity contribution in [1.29, 1.82) is 0 Å². The van der Waals surface area contributed by atoms with Crippen LogP contribution in [0.4, 0.5) is 0 Å². The summed E-state index contributed by atoms with van der Waals surface area (Å²) in [6, 6.07) is 0. The van der Waals surface area contributed by atoms with Crippen LogP contribution in [-0.4, -0.2) is 74.9 Å². The van der Waals surface area contributed by atoms with E-state index in [1.807, 2.05) is 21.1 Å². The number of phosphoric acid groups is 1. The van der Waals surface area contributed by atoms with Crippen molar-refractivity contribution in [3.05, 3.63) is 85.1 Å². The monoisotopic (exact) mass is 847 g/mol. The molecule has 0 saturated carbocycles. The second kappa shape index (κ2) is 40.6. The van der Waals surface area contributed by atoms with Gasteiger partial charge in [-0.3, -0.25) is 18.6 Å². The molecule has 59 heavy (non-hydrogen) atoms. The highest BCUT2D eigenvalue weighted by atomic mass is 31.2. The Morgan fingerprint density at radius 2 is 0.966 bits per heavy atom. The molecule has 0 heterocycles. The Balaban J connectivity index is 4.27. The molecule has 0 aromatic heterocycles. The number of carbonyl (C=O) groups excluding carboxylic acids is 2. The average molecular weight is 847 g/mol. The average Bonchev–Trinajstić information content (AvgIpc) is 3.19. The number of hydrogen-bond donors (Lipinski definition) is 1. The van der Waals surface area contributed by atoms with Crippen LogP contribution in [0.5, 0.6) is 0 Å². The number of rotatable bonds is 40. The zero-order chi connectivity index (χ0) is 43.6. The summed E-state index contributed by atoms with van der Waals surface area (Å²) < 4.78 is 34.2. The first-order valence-corrected chi connectivity index (χ1v) is 24.3. The lowest BCUT2D eigenvalue weighted by atomic mass is 10.1. The maximum absolute atomic E-state index is 12.7. The molecule has 2 atom stereocenters. The summed E-state index contributed by atoms with van der Waals surface area (Å²) in [5.41, 5.74) is 0. The molecule has 0 aliphatic rings. The predicted octanol–water partition coefficient (Wildman–Crippen LogP) is 13.2. The number of phosphoric ester groups is 1. The SMILES string of the molecule is CC/C=C\C/C=C\C/C=C\C/C=C\C/C=C\C/C=C\C/C=C\CCCCCCCC(=O)OC(COC(=O)CCCCCCCCCC)COP(=O)(O)OCC[N+](C)(C)C. The summed E-state index contributed by atoms with van der Waals surface area (Å²) in [5.74, 6) is -0.833. The minimum absolute atomic E-state index is 0.0237. The third kappa shape index (κ3) is 44.6. The van der Waals surface area contributed by atoms with Gasteiger partial charge in [-0.25, -0.2) is 4.57 Å². The smallest absolute Gasteiger partial charge is 0.462 e. The number of esters is 2. The zero-order valence-electron chi connectivity index (χ0n) is 38.0. The van der Waals surface area contributed by atoms with Gasteiger partial charge in [-0.1, -0.05) is 163 Å². The van der Waals surface area contributed by atoms with Crippen molar-refractivity contribution in [3.8, 4) is 0 Å². The number of carbonyl (C=O) groups is 2. The highest BCUT2D eigenvalue weighted by molar-refractivity contribution is 7.47. The van der Waals surface area contributed by atoms with Gasteiger partial charge in [0.1, 0.15) is 19.8 Å². The van der Waals surface area contributed by atoms with Crippen molar-refractivity contribution in [2.45, 2.75) is 168 Å². The van der Waals surface area contributed by atoms with E-state index < -0.39 is 26.5 Å². The molecule has 2 unspecified atom stereocenters. The van der Waals surface area contributed by atoms with E-state index in [1.54, 1.807) is 0 Å². The molecule has 338 valence electrons. The van der Waals surface area contributed by atoms with Crippen molar-refractivity contribution in [2.24, 2.45) is 0 Å². The molecule has 0 rings (SSSR count). The van der Waals surface area contributed by atoms with E-state index in [0.29, 0.717) is 17.4 Å². The topological polar surface area (TPSA) is 108 Å². The van der Waals surface area contributed by atoms with Gasteiger partial charge in [0.2, 0.25) is 0 Å². The number of allylic oxidation sites excluding steroid dienone is 14. The molecule has 0 spiro atoms. The molecule has 0 saturated heterocycles. The highest BCUT2D eigenvalue weighted by Gasteiger charge is 2.27. The molecule has 10 heteroatoms. The molecular weight excluding hydrogens is 762 g/mol. The zero-order valence-corrected chi connectivity index (χ0v) is 38.8. The van der Waals surface area contributed by atoms with Crippen molar-refractivity contribution >= 4 is 19.8 Å². The fraction of sp³-hybridized carbons (Fsp3) is 0.673. The van der Waals surface area contributed by atoms with Gasteiger partial charge >= 0.3 is 19.8 Å². The largest absolute Gasteiger partial charge is 0.472 e. The van der Waals surface area contributed by atoms with Gasteiger partial charge in [0.15, 0.2) is 6.10 Å².